The van der Waals surface area contributed by atoms with Crippen molar-refractivity contribution in [3.05, 3.63) is 56.9 Å². The van der Waals surface area contributed by atoms with Gasteiger partial charge in [0, 0.05) is 10.6 Å². The molecule has 0 atom stereocenters. The van der Waals surface area contributed by atoms with Crippen molar-refractivity contribution in [1.82, 2.24) is 4.98 Å². The first-order chi connectivity index (χ1) is 12.1. The lowest BCUT2D eigenvalue weighted by atomic mass is 10.2. The Morgan fingerprint density at radius 3 is 2.72 bits per heavy atom. The van der Waals surface area contributed by atoms with Gasteiger partial charge in [-0.25, -0.2) is 9.78 Å². The van der Waals surface area contributed by atoms with Crippen LogP contribution in [0.3, 0.4) is 0 Å². The Kier molecular flexibility index (Phi) is 5.73. The predicted molar refractivity (Wildman–Crippen MR) is 102 cm³/mol. The number of hydrogen-bond acceptors (Lipinski definition) is 6. The van der Waals surface area contributed by atoms with Crippen molar-refractivity contribution in [2.75, 3.05) is 6.61 Å². The molecule has 0 N–H and O–H groups in total. The molecular formula is C18H16ClNO3S2. The van der Waals surface area contributed by atoms with Crippen LogP contribution in [0.25, 0.3) is 9.88 Å². The first-order valence-corrected chi connectivity index (χ1v) is 9.75. The molecule has 0 unspecified atom stereocenters. The summed E-state index contributed by atoms with van der Waals surface area (Å²) in [6.07, 6.45) is 0. The van der Waals surface area contributed by atoms with Crippen LogP contribution in [0.2, 0.25) is 5.02 Å². The maximum atomic E-state index is 12.0. The van der Waals surface area contributed by atoms with Crippen molar-refractivity contribution in [2.45, 2.75) is 20.5 Å². The summed E-state index contributed by atoms with van der Waals surface area (Å²) in [6, 6.07) is 9.26. The first kappa shape index (κ1) is 17.9. The summed E-state index contributed by atoms with van der Waals surface area (Å²) in [6.45, 7) is 4.39. The van der Waals surface area contributed by atoms with Crippen LogP contribution >= 0.6 is 34.3 Å². The number of carbonyl (C=O) groups is 1. The van der Waals surface area contributed by atoms with Crippen LogP contribution in [0.1, 0.15) is 27.9 Å². The molecule has 0 aliphatic heterocycles. The number of aryl methyl sites for hydroxylation is 1. The zero-order valence-corrected chi connectivity index (χ0v) is 16.1. The summed E-state index contributed by atoms with van der Waals surface area (Å²) >= 11 is 8.82. The molecule has 7 heteroatoms. The van der Waals surface area contributed by atoms with Crippen LogP contribution in [0.15, 0.2) is 35.7 Å². The molecule has 0 fully saturated rings. The van der Waals surface area contributed by atoms with E-state index in [2.05, 4.69) is 4.98 Å². The number of hydrogen-bond donors (Lipinski definition) is 0. The lowest BCUT2D eigenvalue weighted by Gasteiger charge is -2.06. The van der Waals surface area contributed by atoms with E-state index < -0.39 is 0 Å². The number of esters is 1. The van der Waals surface area contributed by atoms with Gasteiger partial charge in [-0.2, -0.15) is 0 Å². The van der Waals surface area contributed by atoms with Crippen molar-refractivity contribution in [3.63, 3.8) is 0 Å². The average molecular weight is 394 g/mol. The van der Waals surface area contributed by atoms with Gasteiger partial charge in [0.05, 0.1) is 17.2 Å². The molecule has 0 aliphatic rings. The highest BCUT2D eigenvalue weighted by Gasteiger charge is 2.19. The second-order valence-electron chi connectivity index (χ2n) is 5.17. The molecule has 3 aromatic rings. The summed E-state index contributed by atoms with van der Waals surface area (Å²) in [5.41, 5.74) is 1.72. The molecule has 4 nitrogen and oxygen atoms in total. The number of carbonyl (C=O) groups excluding carboxylic acids is 1. The smallest absolute Gasteiger partial charge is 0.350 e. The molecule has 3 rings (SSSR count). The molecular weight excluding hydrogens is 378 g/mol. The quantitative estimate of drug-likeness (QED) is 0.512. The van der Waals surface area contributed by atoms with Crippen LogP contribution in [-0.4, -0.2) is 17.6 Å². The van der Waals surface area contributed by atoms with Gasteiger partial charge in [-0.3, -0.25) is 0 Å². The molecule has 0 saturated carbocycles. The van der Waals surface area contributed by atoms with Gasteiger partial charge >= 0.3 is 5.97 Å². The van der Waals surface area contributed by atoms with Gasteiger partial charge in [0.1, 0.15) is 22.2 Å². The van der Waals surface area contributed by atoms with E-state index in [0.717, 1.165) is 21.2 Å². The number of rotatable bonds is 6. The summed E-state index contributed by atoms with van der Waals surface area (Å²) < 4.78 is 10.9. The number of thiophene rings is 1. The van der Waals surface area contributed by atoms with Gasteiger partial charge in [-0.15, -0.1) is 22.7 Å². The fraction of sp³-hybridized carbons (Fsp3) is 0.222. The van der Waals surface area contributed by atoms with Gasteiger partial charge < -0.3 is 9.47 Å². The first-order valence-electron chi connectivity index (χ1n) is 7.68. The van der Waals surface area contributed by atoms with Crippen LogP contribution in [0.5, 0.6) is 5.75 Å². The summed E-state index contributed by atoms with van der Waals surface area (Å²) in [7, 11) is 0. The van der Waals surface area contributed by atoms with Crippen molar-refractivity contribution in [3.8, 4) is 15.6 Å². The lowest BCUT2D eigenvalue weighted by molar-refractivity contribution is 0.0531. The zero-order chi connectivity index (χ0) is 17.8. The minimum Gasteiger partial charge on any atom is -0.489 e. The molecule has 2 heterocycles. The third-order valence-corrected chi connectivity index (χ3v) is 5.91. The van der Waals surface area contributed by atoms with E-state index in [1.54, 1.807) is 30.4 Å². The van der Waals surface area contributed by atoms with E-state index in [0.29, 0.717) is 28.8 Å². The molecule has 25 heavy (non-hydrogen) atoms. The van der Waals surface area contributed by atoms with E-state index in [1.165, 1.54) is 11.3 Å². The Morgan fingerprint density at radius 2 is 2.00 bits per heavy atom. The SMILES string of the molecule is CCOC(=O)c1sc(-c2sccc2COc2ccc(Cl)cc2)nc1C. The van der Waals surface area contributed by atoms with Gasteiger partial charge in [-0.1, -0.05) is 11.6 Å². The minimum absolute atomic E-state index is 0.320. The van der Waals surface area contributed by atoms with E-state index in [4.69, 9.17) is 21.1 Å². The topological polar surface area (TPSA) is 48.4 Å². The van der Waals surface area contributed by atoms with Gasteiger partial charge in [-0.05, 0) is 49.6 Å². The number of ether oxygens (including phenoxy) is 2. The summed E-state index contributed by atoms with van der Waals surface area (Å²) in [4.78, 5) is 18.1. The van der Waals surface area contributed by atoms with Crippen molar-refractivity contribution in [2.24, 2.45) is 0 Å². The van der Waals surface area contributed by atoms with E-state index in [9.17, 15) is 4.79 Å². The Labute approximate surface area is 159 Å². The second-order valence-corrected chi connectivity index (χ2v) is 7.52. The molecule has 2 aromatic heterocycles. The van der Waals surface area contributed by atoms with Crippen molar-refractivity contribution >= 4 is 40.2 Å². The molecule has 0 bridgehead atoms. The molecule has 0 radical (unpaired) electrons. The van der Waals surface area contributed by atoms with Gasteiger partial charge in [0.15, 0.2) is 0 Å². The molecule has 1 aromatic carbocycles. The highest BCUT2D eigenvalue weighted by Crippen LogP contribution is 2.35. The summed E-state index contributed by atoms with van der Waals surface area (Å²) in [5.74, 6) is 0.434. The average Bonchev–Trinajstić information content (AvgIpc) is 3.20. The standard InChI is InChI=1S/C18H16ClNO3S2/c1-3-22-18(21)15-11(2)20-17(25-15)16-12(8-9-24-16)10-23-14-6-4-13(19)5-7-14/h4-9H,3,10H2,1-2H3. The largest absolute Gasteiger partial charge is 0.489 e. The van der Waals surface area contributed by atoms with Crippen LogP contribution in [-0.2, 0) is 11.3 Å². The van der Waals surface area contributed by atoms with Crippen LogP contribution in [0, 0.1) is 6.92 Å². The Bertz CT molecular complexity index is 871. The Morgan fingerprint density at radius 1 is 1.24 bits per heavy atom. The van der Waals surface area contributed by atoms with E-state index >= 15 is 0 Å². The number of benzene rings is 1. The summed E-state index contributed by atoms with van der Waals surface area (Å²) in [5, 5.41) is 3.48. The third kappa shape index (κ3) is 4.21. The van der Waals surface area contributed by atoms with Gasteiger partial charge in [0.2, 0.25) is 0 Å². The number of nitrogens with zero attached hydrogens (tertiary/aromatic N) is 1. The van der Waals surface area contributed by atoms with E-state index in [1.807, 2.05) is 30.5 Å². The van der Waals surface area contributed by atoms with Crippen LogP contribution < -0.4 is 4.74 Å². The number of thiazole rings is 1. The zero-order valence-electron chi connectivity index (χ0n) is 13.7. The Hall–Kier alpha value is -1.89. The van der Waals surface area contributed by atoms with Crippen LogP contribution in [0.4, 0.5) is 0 Å². The van der Waals surface area contributed by atoms with Crippen molar-refractivity contribution < 1.29 is 14.3 Å². The van der Waals surface area contributed by atoms with Crippen molar-refractivity contribution in [1.29, 1.82) is 0 Å². The molecule has 0 spiro atoms. The highest BCUT2D eigenvalue weighted by molar-refractivity contribution is 7.22. The molecule has 0 saturated heterocycles. The normalized spacial score (nSPS) is 10.7. The molecule has 130 valence electrons. The molecule has 0 aliphatic carbocycles. The van der Waals surface area contributed by atoms with Gasteiger partial charge in [0.25, 0.3) is 0 Å². The fourth-order valence-electron chi connectivity index (χ4n) is 2.21. The fourth-order valence-corrected chi connectivity index (χ4v) is 4.33. The number of halogens is 1. The highest BCUT2D eigenvalue weighted by atomic mass is 35.5. The lowest BCUT2D eigenvalue weighted by Crippen LogP contribution is -2.03. The van der Waals surface area contributed by atoms with E-state index in [-0.39, 0.29) is 5.97 Å². The minimum atomic E-state index is -0.320. The predicted octanol–water partition coefficient (Wildman–Crippen LogP) is 5.59. The second kappa shape index (κ2) is 7.99. The molecule has 0 amide bonds. The maximum absolute atomic E-state index is 12.0. The number of aromatic nitrogens is 1. The Balaban J connectivity index is 1.78. The maximum Gasteiger partial charge on any atom is 0.350 e. The third-order valence-electron chi connectivity index (χ3n) is 3.41. The monoisotopic (exact) mass is 393 g/mol.